The average Bonchev–Trinajstić information content (AvgIpc) is 2.83. The molecule has 0 aromatic heterocycles. The number of ether oxygens (including phenoxy) is 1. The summed E-state index contributed by atoms with van der Waals surface area (Å²) in [6, 6.07) is 10.7. The normalized spacial score (nSPS) is 21.9. The van der Waals surface area contributed by atoms with Crippen LogP contribution in [0.15, 0.2) is 41.4 Å². The van der Waals surface area contributed by atoms with Gasteiger partial charge in [0.05, 0.1) is 11.4 Å². The molecule has 23 heavy (non-hydrogen) atoms. The van der Waals surface area contributed by atoms with Crippen molar-refractivity contribution < 1.29 is 9.53 Å². The van der Waals surface area contributed by atoms with Crippen molar-refractivity contribution in [2.75, 3.05) is 5.32 Å². The summed E-state index contributed by atoms with van der Waals surface area (Å²) >= 11 is 6.21. The molecular formula is C18H15ClN2O2. The molecule has 5 heteroatoms. The second-order valence-corrected chi connectivity index (χ2v) is 6.31. The van der Waals surface area contributed by atoms with Gasteiger partial charge in [-0.1, -0.05) is 29.8 Å². The molecule has 0 bridgehead atoms. The lowest BCUT2D eigenvalue weighted by Crippen LogP contribution is -2.34. The number of fused-ring (bicyclic) bond motifs is 2. The number of carbonyl (C=O) groups is 1. The topological polar surface area (TPSA) is 50.7 Å². The molecule has 0 unspecified atom stereocenters. The molecule has 1 N–H and O–H groups in total. The Morgan fingerprint density at radius 2 is 1.91 bits per heavy atom. The van der Waals surface area contributed by atoms with E-state index < -0.39 is 12.1 Å². The number of rotatable bonds is 1. The number of halogens is 1. The fourth-order valence-corrected chi connectivity index (χ4v) is 3.17. The molecule has 0 radical (unpaired) electrons. The molecule has 2 atom stereocenters. The summed E-state index contributed by atoms with van der Waals surface area (Å²) in [7, 11) is 0. The van der Waals surface area contributed by atoms with Gasteiger partial charge in [-0.2, -0.15) is 0 Å². The molecule has 116 valence electrons. The minimum absolute atomic E-state index is 0.0688. The number of ketones is 1. The quantitative estimate of drug-likeness (QED) is 0.857. The number of benzene rings is 2. The molecule has 2 aromatic carbocycles. The van der Waals surface area contributed by atoms with Gasteiger partial charge in [0.15, 0.2) is 12.1 Å². The maximum absolute atomic E-state index is 12.7. The van der Waals surface area contributed by atoms with E-state index in [1.807, 2.05) is 44.2 Å². The van der Waals surface area contributed by atoms with Crippen molar-refractivity contribution in [3.8, 4) is 0 Å². The first kappa shape index (κ1) is 14.3. The summed E-state index contributed by atoms with van der Waals surface area (Å²) < 4.78 is 5.82. The molecule has 2 aliphatic heterocycles. The van der Waals surface area contributed by atoms with Crippen LogP contribution in [0.4, 0.5) is 11.4 Å². The number of aryl methyl sites for hydroxylation is 2. The number of hydrogen-bond donors (Lipinski definition) is 1. The van der Waals surface area contributed by atoms with Gasteiger partial charge in [-0.25, -0.2) is 4.99 Å². The SMILES string of the molecule is Cc1cc2c(cc1C)N[C@H]1C(=O)[C@@H](c3ccccc3Cl)OC1=N2. The zero-order valence-electron chi connectivity index (χ0n) is 12.8. The molecule has 4 nitrogen and oxygen atoms in total. The van der Waals surface area contributed by atoms with Crippen LogP contribution in [0.2, 0.25) is 5.02 Å². The molecule has 1 saturated heterocycles. The Morgan fingerprint density at radius 1 is 1.17 bits per heavy atom. The van der Waals surface area contributed by atoms with Crippen LogP contribution >= 0.6 is 11.6 Å². The van der Waals surface area contributed by atoms with Gasteiger partial charge in [0.2, 0.25) is 11.7 Å². The highest BCUT2D eigenvalue weighted by atomic mass is 35.5. The lowest BCUT2D eigenvalue weighted by Gasteiger charge is -2.20. The summed E-state index contributed by atoms with van der Waals surface area (Å²) in [6.45, 7) is 4.07. The Kier molecular flexibility index (Phi) is 3.16. The summed E-state index contributed by atoms with van der Waals surface area (Å²) in [6.07, 6.45) is -0.712. The van der Waals surface area contributed by atoms with Crippen molar-refractivity contribution in [1.82, 2.24) is 0 Å². The van der Waals surface area contributed by atoms with E-state index in [9.17, 15) is 4.79 Å². The highest BCUT2D eigenvalue weighted by molar-refractivity contribution is 6.32. The molecule has 2 heterocycles. The van der Waals surface area contributed by atoms with E-state index >= 15 is 0 Å². The fraction of sp³-hybridized carbons (Fsp3) is 0.222. The van der Waals surface area contributed by atoms with E-state index in [1.54, 1.807) is 6.07 Å². The number of nitrogens with one attached hydrogen (secondary N) is 1. The Bertz CT molecular complexity index is 860. The van der Waals surface area contributed by atoms with Gasteiger partial charge in [0, 0.05) is 10.6 Å². The van der Waals surface area contributed by atoms with E-state index in [0.29, 0.717) is 16.5 Å². The van der Waals surface area contributed by atoms with Crippen molar-refractivity contribution in [2.24, 2.45) is 4.99 Å². The zero-order valence-corrected chi connectivity index (χ0v) is 13.5. The van der Waals surface area contributed by atoms with Crippen molar-refractivity contribution >= 4 is 34.7 Å². The maximum atomic E-state index is 12.7. The second kappa shape index (κ2) is 5.10. The molecule has 2 aromatic rings. The average molecular weight is 327 g/mol. The van der Waals surface area contributed by atoms with Gasteiger partial charge in [-0.15, -0.1) is 0 Å². The minimum atomic E-state index is -0.712. The van der Waals surface area contributed by atoms with Crippen LogP contribution in [0, 0.1) is 13.8 Å². The molecule has 0 spiro atoms. The van der Waals surface area contributed by atoms with Crippen LogP contribution < -0.4 is 5.32 Å². The molecule has 0 saturated carbocycles. The van der Waals surface area contributed by atoms with Crippen molar-refractivity contribution in [1.29, 1.82) is 0 Å². The van der Waals surface area contributed by atoms with Gasteiger partial charge < -0.3 is 10.1 Å². The largest absolute Gasteiger partial charge is 0.462 e. The number of anilines is 1. The molecular weight excluding hydrogens is 312 g/mol. The van der Waals surface area contributed by atoms with Crippen LogP contribution in [-0.2, 0) is 9.53 Å². The summed E-state index contributed by atoms with van der Waals surface area (Å²) in [5.74, 6) is 0.344. The monoisotopic (exact) mass is 326 g/mol. The summed E-state index contributed by atoms with van der Waals surface area (Å²) in [4.78, 5) is 17.3. The lowest BCUT2D eigenvalue weighted by atomic mass is 10.0. The highest BCUT2D eigenvalue weighted by Crippen LogP contribution is 2.39. The van der Waals surface area contributed by atoms with E-state index in [1.165, 1.54) is 0 Å². The maximum Gasteiger partial charge on any atom is 0.220 e. The third-order valence-corrected chi connectivity index (χ3v) is 4.70. The Labute approximate surface area is 139 Å². The zero-order chi connectivity index (χ0) is 16.1. The molecule has 4 rings (SSSR count). The lowest BCUT2D eigenvalue weighted by molar-refractivity contribution is -0.122. The first-order valence-electron chi connectivity index (χ1n) is 7.46. The first-order chi connectivity index (χ1) is 11.0. The summed E-state index contributed by atoms with van der Waals surface area (Å²) in [5.41, 5.74) is 4.64. The fourth-order valence-electron chi connectivity index (χ4n) is 2.93. The summed E-state index contributed by atoms with van der Waals surface area (Å²) in [5, 5.41) is 3.77. The van der Waals surface area contributed by atoms with Gasteiger partial charge in [-0.3, -0.25) is 4.79 Å². The number of aliphatic imine (C=N–C) groups is 1. The van der Waals surface area contributed by atoms with E-state index in [2.05, 4.69) is 10.3 Å². The number of nitrogens with zero attached hydrogens (tertiary/aromatic N) is 1. The van der Waals surface area contributed by atoms with Gasteiger partial charge in [0.25, 0.3) is 0 Å². The Morgan fingerprint density at radius 3 is 2.70 bits per heavy atom. The predicted molar refractivity (Wildman–Crippen MR) is 90.7 cm³/mol. The molecule has 1 fully saturated rings. The second-order valence-electron chi connectivity index (χ2n) is 5.90. The molecule has 2 aliphatic rings. The van der Waals surface area contributed by atoms with Gasteiger partial charge >= 0.3 is 0 Å². The molecule has 0 aliphatic carbocycles. The van der Waals surface area contributed by atoms with Crippen LogP contribution in [0.5, 0.6) is 0 Å². The number of carbonyl (C=O) groups excluding carboxylic acids is 1. The van der Waals surface area contributed by atoms with Crippen molar-refractivity contribution in [2.45, 2.75) is 26.0 Å². The van der Waals surface area contributed by atoms with Gasteiger partial charge in [-0.05, 0) is 43.2 Å². The van der Waals surface area contributed by atoms with E-state index in [4.69, 9.17) is 16.3 Å². The highest BCUT2D eigenvalue weighted by Gasteiger charge is 2.45. The van der Waals surface area contributed by atoms with Crippen molar-refractivity contribution in [3.63, 3.8) is 0 Å². The van der Waals surface area contributed by atoms with Crippen LogP contribution in [0.25, 0.3) is 0 Å². The van der Waals surface area contributed by atoms with Crippen LogP contribution in [0.1, 0.15) is 22.8 Å². The van der Waals surface area contributed by atoms with Crippen LogP contribution in [-0.4, -0.2) is 17.7 Å². The Balaban J connectivity index is 1.74. The molecule has 0 amide bonds. The first-order valence-corrected chi connectivity index (χ1v) is 7.83. The van der Waals surface area contributed by atoms with E-state index in [0.717, 1.165) is 22.5 Å². The third kappa shape index (κ3) is 2.21. The number of hydrogen-bond acceptors (Lipinski definition) is 4. The Hall–Kier alpha value is -2.33. The van der Waals surface area contributed by atoms with E-state index in [-0.39, 0.29) is 5.78 Å². The number of Topliss-reactive ketones (excluding diaryl/α,β-unsaturated/α-hetero) is 1. The minimum Gasteiger partial charge on any atom is -0.462 e. The predicted octanol–water partition coefficient (Wildman–Crippen LogP) is 4.12. The standard InChI is InChI=1S/C18H15ClN2O2/c1-9-7-13-14(8-10(9)2)21-18-15(20-13)16(22)17(23-18)11-5-3-4-6-12(11)19/h3-8,15,17,20H,1-2H3/t15-,17+/m0/s1. The van der Waals surface area contributed by atoms with Crippen molar-refractivity contribution in [3.05, 3.63) is 58.1 Å². The smallest absolute Gasteiger partial charge is 0.220 e. The van der Waals surface area contributed by atoms with Gasteiger partial charge in [0.1, 0.15) is 0 Å². The third-order valence-electron chi connectivity index (χ3n) is 4.36. The van der Waals surface area contributed by atoms with Crippen LogP contribution in [0.3, 0.4) is 0 Å².